The summed E-state index contributed by atoms with van der Waals surface area (Å²) < 4.78 is 32.6. The van der Waals surface area contributed by atoms with Crippen molar-refractivity contribution in [2.75, 3.05) is 5.08 Å². The van der Waals surface area contributed by atoms with E-state index < -0.39 is 15.2 Å². The Morgan fingerprint density at radius 3 is 1.49 bits per heavy atom. The molecule has 0 spiro atoms. The Hall–Kier alpha value is -1.38. The van der Waals surface area contributed by atoms with E-state index in [1.807, 2.05) is 60.7 Å². The molecule has 2 N–H and O–H groups in total. The Morgan fingerprint density at radius 1 is 0.784 bits per heavy atom. The van der Waals surface area contributed by atoms with Gasteiger partial charge in [-0.15, -0.1) is 0 Å². The Balaban J connectivity index is 0.000000201. The summed E-state index contributed by atoms with van der Waals surface area (Å²) in [5.74, 6) is 0. The Morgan fingerprint density at radius 2 is 1.16 bits per heavy atom. The minimum atomic E-state index is -4.33. The topological polar surface area (TPSA) is 142 Å². The average Bonchev–Trinajstić information content (AvgIpc) is 3.60. The molecule has 0 bridgehead atoms. The van der Waals surface area contributed by atoms with Crippen molar-refractivity contribution in [3.63, 3.8) is 0 Å². The monoisotopic (exact) mass is 588 g/mol. The van der Waals surface area contributed by atoms with Gasteiger partial charge in [0.05, 0.1) is 11.1 Å². The van der Waals surface area contributed by atoms with Gasteiger partial charge in [0.2, 0.25) is 0 Å². The predicted molar refractivity (Wildman–Crippen MR) is 149 cm³/mol. The zero-order valence-corrected chi connectivity index (χ0v) is 23.5. The van der Waals surface area contributed by atoms with E-state index in [2.05, 4.69) is 9.37 Å². The zero-order chi connectivity index (χ0) is 26.9. The SMILES string of the molecule is O=S(=O)([O-])CSOO[O-].[OH+]=C(SC1CCCC1)c1ccccc1.[OH+]=C(SC1CCCC1)c1ccccc1. The van der Waals surface area contributed by atoms with E-state index in [-0.39, 0.29) is 12.0 Å². The average molecular weight is 589 g/mol. The van der Waals surface area contributed by atoms with Gasteiger partial charge in [-0.3, -0.25) is 14.6 Å². The van der Waals surface area contributed by atoms with Gasteiger partial charge in [-0.05, 0) is 73.5 Å². The summed E-state index contributed by atoms with van der Waals surface area (Å²) in [6.07, 6.45) is 10.3. The van der Waals surface area contributed by atoms with Crippen LogP contribution in [-0.4, -0.2) is 48.4 Å². The van der Waals surface area contributed by atoms with Gasteiger partial charge < -0.3 is 9.81 Å². The normalized spacial score (nSPS) is 15.8. The molecule has 8 nitrogen and oxygen atoms in total. The van der Waals surface area contributed by atoms with Gasteiger partial charge in [0.25, 0.3) is 0 Å². The molecule has 2 aliphatic rings. The van der Waals surface area contributed by atoms with E-state index in [1.54, 1.807) is 23.5 Å². The largest absolute Gasteiger partial charge is 0.747 e. The summed E-state index contributed by atoms with van der Waals surface area (Å²) >= 11 is 3.39. The van der Waals surface area contributed by atoms with E-state index >= 15 is 0 Å². The van der Waals surface area contributed by atoms with Gasteiger partial charge in [-0.25, -0.2) is 8.42 Å². The number of hydrogen-bond acceptors (Lipinski definition) is 9. The first-order chi connectivity index (χ1) is 17.8. The van der Waals surface area contributed by atoms with Crippen LogP contribution in [0.1, 0.15) is 62.5 Å². The second-order valence-corrected chi connectivity index (χ2v) is 13.3. The van der Waals surface area contributed by atoms with Crippen LogP contribution in [0.2, 0.25) is 0 Å². The molecule has 0 saturated heterocycles. The van der Waals surface area contributed by atoms with Gasteiger partial charge in [-0.1, -0.05) is 62.1 Å². The van der Waals surface area contributed by atoms with E-state index in [0.717, 1.165) is 11.1 Å². The van der Waals surface area contributed by atoms with Crippen LogP contribution < -0.4 is 5.26 Å². The van der Waals surface area contributed by atoms with Crippen LogP contribution in [0.3, 0.4) is 0 Å². The van der Waals surface area contributed by atoms with Crippen LogP contribution in [-0.2, 0) is 19.5 Å². The van der Waals surface area contributed by atoms with Crippen molar-refractivity contribution in [3.05, 3.63) is 71.8 Å². The third-order valence-corrected chi connectivity index (χ3v) is 9.69. The summed E-state index contributed by atoms with van der Waals surface area (Å²) in [5.41, 5.74) is 1.90. The molecule has 2 saturated carbocycles. The minimum absolute atomic E-state index is 0.125. The van der Waals surface area contributed by atoms with Crippen LogP contribution in [0, 0.1) is 0 Å². The lowest BCUT2D eigenvalue weighted by atomic mass is 10.2. The van der Waals surface area contributed by atoms with Crippen molar-refractivity contribution in [1.29, 1.82) is 0 Å². The second-order valence-electron chi connectivity index (χ2n) is 8.32. The van der Waals surface area contributed by atoms with Crippen molar-refractivity contribution in [3.8, 4) is 0 Å². The Bertz CT molecular complexity index is 958. The smallest absolute Gasteiger partial charge is 0.382 e. The maximum absolute atomic E-state index is 9.86. The van der Waals surface area contributed by atoms with Gasteiger partial charge >= 0.3 is 10.2 Å². The fourth-order valence-corrected chi connectivity index (χ4v) is 6.71. The molecular weight excluding hydrogens is 557 g/mol. The molecule has 0 radical (unpaired) electrons. The molecule has 204 valence electrons. The Kier molecular flexibility index (Phi) is 15.5. The van der Waals surface area contributed by atoms with Crippen LogP contribution in [0.4, 0.5) is 0 Å². The van der Waals surface area contributed by atoms with Crippen molar-refractivity contribution in [2.45, 2.75) is 61.9 Å². The first-order valence-electron chi connectivity index (χ1n) is 11.9. The van der Waals surface area contributed by atoms with Gasteiger partial charge in [0, 0.05) is 22.5 Å². The maximum atomic E-state index is 9.86. The summed E-state index contributed by atoms with van der Waals surface area (Å²) in [7, 11) is -4.33. The molecule has 0 heterocycles. The fourth-order valence-electron chi connectivity index (χ4n) is 3.72. The molecule has 2 aromatic carbocycles. The first kappa shape index (κ1) is 31.8. The third kappa shape index (κ3) is 14.4. The van der Waals surface area contributed by atoms with Crippen LogP contribution in [0.5, 0.6) is 0 Å². The molecule has 2 fully saturated rings. The molecule has 0 aromatic heterocycles. The third-order valence-electron chi connectivity index (χ3n) is 5.47. The lowest BCUT2D eigenvalue weighted by Crippen LogP contribution is -2.05. The highest BCUT2D eigenvalue weighted by molar-refractivity contribution is 8.15. The van der Waals surface area contributed by atoms with Crippen molar-refractivity contribution in [1.82, 2.24) is 0 Å². The molecular formula is C25H32O8S4. The highest BCUT2D eigenvalue weighted by atomic mass is 32.3. The molecule has 2 aliphatic carbocycles. The molecule has 0 unspecified atom stereocenters. The fraction of sp³-hybridized carbons (Fsp3) is 0.440. The number of rotatable bonds is 8. The van der Waals surface area contributed by atoms with E-state index in [9.17, 15) is 22.6 Å². The second kappa shape index (κ2) is 18.0. The summed E-state index contributed by atoms with van der Waals surface area (Å²) in [6.45, 7) is 0. The van der Waals surface area contributed by atoms with E-state index in [1.165, 1.54) is 51.4 Å². The minimum Gasteiger partial charge on any atom is -0.747 e. The van der Waals surface area contributed by atoms with Crippen molar-refractivity contribution in [2.24, 2.45) is 0 Å². The quantitative estimate of drug-likeness (QED) is 0.106. The molecule has 0 aliphatic heterocycles. The zero-order valence-electron chi connectivity index (χ0n) is 20.3. The number of hydrogen-bond donors (Lipinski definition) is 0. The molecule has 0 atom stereocenters. The Labute approximate surface area is 231 Å². The maximum Gasteiger partial charge on any atom is 0.382 e. The van der Waals surface area contributed by atoms with Gasteiger partial charge in [-0.2, -0.15) is 4.33 Å². The first-order valence-corrected chi connectivity index (χ1v) is 16.1. The lowest BCUT2D eigenvalue weighted by molar-refractivity contribution is -0.777. The van der Waals surface area contributed by atoms with Crippen LogP contribution in [0.25, 0.3) is 0 Å². The molecule has 0 amide bonds. The van der Waals surface area contributed by atoms with E-state index in [0.29, 0.717) is 20.7 Å². The van der Waals surface area contributed by atoms with Crippen LogP contribution >= 0.6 is 35.6 Å². The predicted octanol–water partition coefficient (Wildman–Crippen LogP) is 4.79. The summed E-state index contributed by atoms with van der Waals surface area (Å²) in [6, 6.07) is 19.6. The van der Waals surface area contributed by atoms with E-state index in [4.69, 9.17) is 5.26 Å². The van der Waals surface area contributed by atoms with Crippen LogP contribution in [0.15, 0.2) is 60.7 Å². The number of carbonyl (C=O) groups excluding carboxylic acids is 2. The number of benzene rings is 2. The van der Waals surface area contributed by atoms with Gasteiger partial charge in [0.1, 0.15) is 15.2 Å². The van der Waals surface area contributed by atoms with Gasteiger partial charge in [0.15, 0.2) is 0 Å². The highest BCUT2D eigenvalue weighted by Gasteiger charge is 2.24. The van der Waals surface area contributed by atoms with Crippen molar-refractivity contribution >= 4 is 55.9 Å². The summed E-state index contributed by atoms with van der Waals surface area (Å²) in [4.78, 5) is 19.7. The standard InChI is InChI=1S/2C12H14OS.CH4O6S2/c2*13-12(10-6-2-1-3-7-10)14-11-8-4-5-9-11;2-6-7-8-1-9(3,4)5/h2*1-3,6-7,11H,4-5,8-9H2;2H,1H2,(H,3,4,5). The molecule has 4 rings (SSSR count). The molecule has 12 heteroatoms. The number of thioether (sulfide) groups is 2. The van der Waals surface area contributed by atoms with Crippen molar-refractivity contribution < 1.29 is 37.2 Å². The summed E-state index contributed by atoms with van der Waals surface area (Å²) in [5, 5.41) is 13.1. The molecule has 2 aromatic rings. The molecule has 37 heavy (non-hydrogen) atoms. The highest BCUT2D eigenvalue weighted by Crippen LogP contribution is 2.32. The lowest BCUT2D eigenvalue weighted by Gasteiger charge is -2.05.